The first-order valence-electron chi connectivity index (χ1n) is 7.60. The van der Waals surface area contributed by atoms with Gasteiger partial charge in [-0.3, -0.25) is 10.4 Å². The van der Waals surface area contributed by atoms with Crippen molar-refractivity contribution >= 4 is 50.3 Å². The summed E-state index contributed by atoms with van der Waals surface area (Å²) in [7, 11) is 0. The lowest BCUT2D eigenvalue weighted by atomic mass is 10.1. The third kappa shape index (κ3) is 2.68. The van der Waals surface area contributed by atoms with Gasteiger partial charge in [0.25, 0.3) is 0 Å². The van der Waals surface area contributed by atoms with Crippen LogP contribution in [0.1, 0.15) is 16.0 Å². The Morgan fingerprint density at radius 3 is 2.79 bits per heavy atom. The molecule has 24 heavy (non-hydrogen) atoms. The Morgan fingerprint density at radius 2 is 1.92 bits per heavy atom. The topological polar surface area (TPSA) is 62.8 Å². The maximum Gasteiger partial charge on any atom is 0.133 e. The molecule has 4 aromatic rings. The molecule has 0 radical (unpaired) electrons. The van der Waals surface area contributed by atoms with Crippen molar-refractivity contribution in [2.75, 3.05) is 0 Å². The summed E-state index contributed by atoms with van der Waals surface area (Å²) in [5.74, 6) is 0.116. The molecule has 116 valence electrons. The Bertz CT molecular complexity index is 1090. The second-order valence-electron chi connectivity index (χ2n) is 5.58. The number of aromatic nitrogens is 1. The maximum atomic E-state index is 7.61. The van der Waals surface area contributed by atoms with E-state index >= 15 is 0 Å². The van der Waals surface area contributed by atoms with E-state index in [1.54, 1.807) is 11.3 Å². The number of thiophene rings is 1. The second kappa shape index (κ2) is 5.91. The van der Waals surface area contributed by atoms with Gasteiger partial charge in [0.2, 0.25) is 0 Å². The van der Waals surface area contributed by atoms with Gasteiger partial charge in [0, 0.05) is 21.7 Å². The predicted molar refractivity (Wildman–Crippen MR) is 104 cm³/mol. The quantitative estimate of drug-likeness (QED) is 0.414. The lowest BCUT2D eigenvalue weighted by Crippen LogP contribution is -2.08. The zero-order chi connectivity index (χ0) is 16.5. The predicted octanol–water partition coefficient (Wildman–Crippen LogP) is 4.90. The Labute approximate surface area is 143 Å². The van der Waals surface area contributed by atoms with Crippen LogP contribution >= 0.6 is 11.3 Å². The van der Waals surface area contributed by atoms with Crippen LogP contribution < -0.4 is 5.73 Å². The van der Waals surface area contributed by atoms with E-state index in [0.717, 1.165) is 37.0 Å². The summed E-state index contributed by atoms with van der Waals surface area (Å²) in [4.78, 5) is 5.29. The maximum absolute atomic E-state index is 7.61. The summed E-state index contributed by atoms with van der Waals surface area (Å²) in [5.41, 5.74) is 8.79. The van der Waals surface area contributed by atoms with Crippen molar-refractivity contribution in [1.29, 1.82) is 5.41 Å². The van der Waals surface area contributed by atoms with E-state index in [-0.39, 0.29) is 5.84 Å². The van der Waals surface area contributed by atoms with Crippen LogP contribution in [-0.2, 0) is 0 Å². The Balaban J connectivity index is 1.74. The van der Waals surface area contributed by atoms with Crippen molar-refractivity contribution in [3.63, 3.8) is 0 Å². The number of benzene rings is 2. The number of pyridine rings is 1. The Morgan fingerprint density at radius 1 is 1.04 bits per heavy atom. The molecule has 0 atom stereocenters. The molecule has 0 bridgehead atoms. The molecule has 0 aliphatic carbocycles. The number of hydrogen-bond acceptors (Lipinski definition) is 3. The van der Waals surface area contributed by atoms with Gasteiger partial charge in [-0.1, -0.05) is 42.5 Å². The fourth-order valence-corrected chi connectivity index (χ4v) is 3.68. The zero-order valence-electron chi connectivity index (χ0n) is 12.9. The lowest BCUT2D eigenvalue weighted by molar-refractivity contribution is 1.40. The summed E-state index contributed by atoms with van der Waals surface area (Å²) in [5, 5.41) is 9.87. The second-order valence-corrected chi connectivity index (χ2v) is 6.66. The lowest BCUT2D eigenvalue weighted by Gasteiger charge is -1.99. The van der Waals surface area contributed by atoms with E-state index in [2.05, 4.69) is 41.4 Å². The molecule has 0 spiro atoms. The number of nitrogen functional groups attached to an aromatic ring is 1. The summed E-state index contributed by atoms with van der Waals surface area (Å²) in [6.45, 7) is 0. The molecule has 3 N–H and O–H groups in total. The first-order chi connectivity index (χ1) is 11.7. The number of hydrogen-bond donors (Lipinski definition) is 2. The highest BCUT2D eigenvalue weighted by atomic mass is 32.1. The molecule has 0 amide bonds. The normalized spacial score (nSPS) is 11.5. The minimum atomic E-state index is 0.116. The van der Waals surface area contributed by atoms with Crippen molar-refractivity contribution in [2.45, 2.75) is 0 Å². The monoisotopic (exact) mass is 329 g/mol. The molecule has 0 saturated heterocycles. The van der Waals surface area contributed by atoms with Gasteiger partial charge in [-0.25, -0.2) is 0 Å². The number of amidine groups is 1. The van der Waals surface area contributed by atoms with Crippen molar-refractivity contribution in [2.24, 2.45) is 5.73 Å². The van der Waals surface area contributed by atoms with Gasteiger partial charge in [0.15, 0.2) is 0 Å². The Kier molecular flexibility index (Phi) is 3.59. The average molecular weight is 329 g/mol. The van der Waals surface area contributed by atoms with Crippen molar-refractivity contribution in [1.82, 2.24) is 4.98 Å². The van der Waals surface area contributed by atoms with E-state index in [1.807, 2.05) is 36.5 Å². The number of nitrogens with zero attached hydrogens (tertiary/aromatic N) is 1. The van der Waals surface area contributed by atoms with E-state index in [4.69, 9.17) is 11.1 Å². The van der Waals surface area contributed by atoms with Crippen LogP contribution in [0.25, 0.3) is 33.1 Å². The molecule has 0 aliphatic heterocycles. The minimum Gasteiger partial charge on any atom is -0.383 e. The molecule has 3 nitrogen and oxygen atoms in total. The largest absolute Gasteiger partial charge is 0.383 e. The number of fused-ring (bicyclic) bond motifs is 2. The van der Waals surface area contributed by atoms with Gasteiger partial charge in [-0.15, -0.1) is 11.3 Å². The highest BCUT2D eigenvalue weighted by Crippen LogP contribution is 2.29. The van der Waals surface area contributed by atoms with Crippen LogP contribution in [0.15, 0.2) is 60.8 Å². The van der Waals surface area contributed by atoms with Gasteiger partial charge >= 0.3 is 0 Å². The average Bonchev–Trinajstić information content (AvgIpc) is 3.05. The molecule has 0 unspecified atom stereocenters. The highest BCUT2D eigenvalue weighted by molar-refractivity contribution is 7.20. The highest BCUT2D eigenvalue weighted by Gasteiger charge is 2.06. The van der Waals surface area contributed by atoms with E-state index < -0.39 is 0 Å². The van der Waals surface area contributed by atoms with Crippen molar-refractivity contribution < 1.29 is 0 Å². The molecule has 0 fully saturated rings. The van der Waals surface area contributed by atoms with E-state index in [0.29, 0.717) is 0 Å². The van der Waals surface area contributed by atoms with Crippen LogP contribution in [0, 0.1) is 5.41 Å². The van der Waals surface area contributed by atoms with E-state index in [9.17, 15) is 0 Å². The van der Waals surface area contributed by atoms with Crippen molar-refractivity contribution in [3.8, 4) is 0 Å². The standard InChI is InChI=1S/C20H15N3S/c21-20(22)19-11-16-14(5-3-7-18(16)24-19)9-8-13-10-15-4-1-2-6-17(15)23-12-13/h1-12H,(H3,21,22). The summed E-state index contributed by atoms with van der Waals surface area (Å²) >= 11 is 1.55. The van der Waals surface area contributed by atoms with Gasteiger partial charge < -0.3 is 5.73 Å². The number of rotatable bonds is 3. The molecule has 2 aromatic carbocycles. The molecule has 4 heteroatoms. The molecule has 0 aliphatic rings. The molecule has 4 rings (SSSR count). The van der Waals surface area contributed by atoms with Crippen LogP contribution in [0.3, 0.4) is 0 Å². The molecule has 2 aromatic heterocycles. The summed E-state index contributed by atoms with van der Waals surface area (Å²) in [6, 6.07) is 18.4. The molecule has 0 saturated carbocycles. The summed E-state index contributed by atoms with van der Waals surface area (Å²) < 4.78 is 1.14. The molecular formula is C20H15N3S. The smallest absolute Gasteiger partial charge is 0.133 e. The number of para-hydroxylation sites is 1. The Hall–Kier alpha value is -2.98. The SMILES string of the molecule is N=C(N)c1cc2c(C=Cc3cnc4ccccc4c3)cccc2s1. The van der Waals surface area contributed by atoms with Crippen LogP contribution in [0.5, 0.6) is 0 Å². The first-order valence-corrected chi connectivity index (χ1v) is 8.42. The number of nitrogens with one attached hydrogen (secondary N) is 1. The van der Waals surface area contributed by atoms with Gasteiger partial charge in [0.05, 0.1) is 10.4 Å². The third-order valence-corrected chi connectivity index (χ3v) is 5.06. The van der Waals surface area contributed by atoms with Gasteiger partial charge in [-0.2, -0.15) is 0 Å². The van der Waals surface area contributed by atoms with Crippen LogP contribution in [-0.4, -0.2) is 10.8 Å². The minimum absolute atomic E-state index is 0.116. The fourth-order valence-electron chi connectivity index (χ4n) is 2.73. The van der Waals surface area contributed by atoms with Crippen LogP contribution in [0.2, 0.25) is 0 Å². The molecule has 2 heterocycles. The zero-order valence-corrected chi connectivity index (χ0v) is 13.7. The van der Waals surface area contributed by atoms with Crippen molar-refractivity contribution in [3.05, 3.63) is 76.8 Å². The fraction of sp³-hybridized carbons (Fsp3) is 0. The van der Waals surface area contributed by atoms with Gasteiger partial charge in [0.1, 0.15) is 5.84 Å². The van der Waals surface area contributed by atoms with Gasteiger partial charge in [-0.05, 0) is 35.4 Å². The van der Waals surface area contributed by atoms with E-state index in [1.165, 1.54) is 0 Å². The molecular weight excluding hydrogens is 314 g/mol. The third-order valence-electron chi connectivity index (χ3n) is 3.93. The first kappa shape index (κ1) is 14.6. The van der Waals surface area contributed by atoms with Crippen LogP contribution in [0.4, 0.5) is 0 Å². The summed E-state index contributed by atoms with van der Waals surface area (Å²) in [6.07, 6.45) is 6.04. The number of nitrogens with two attached hydrogens (primary N) is 1.